The summed E-state index contributed by atoms with van der Waals surface area (Å²) in [6.45, 7) is 1.87. The fourth-order valence-electron chi connectivity index (χ4n) is 4.87. The van der Waals surface area contributed by atoms with Crippen molar-refractivity contribution in [2.75, 3.05) is 0 Å². The Bertz CT molecular complexity index is 1860. The zero-order valence-electron chi connectivity index (χ0n) is 21.7. The second-order valence-corrected chi connectivity index (χ2v) is 9.67. The Morgan fingerprint density at radius 3 is 2.50 bits per heavy atom. The molecular weight excluding hydrogens is 502 g/mol. The van der Waals surface area contributed by atoms with Crippen LogP contribution in [-0.2, 0) is 6.42 Å². The highest BCUT2D eigenvalue weighted by molar-refractivity contribution is 6.02. The quantitative estimate of drug-likeness (QED) is 0.275. The zero-order valence-corrected chi connectivity index (χ0v) is 21.7. The Labute approximate surface area is 229 Å². The van der Waals surface area contributed by atoms with Gasteiger partial charge in [0.15, 0.2) is 0 Å². The maximum absolute atomic E-state index is 13.8. The lowest BCUT2D eigenvalue weighted by molar-refractivity contribution is 0.0696. The molecule has 0 fully saturated rings. The molecule has 6 rings (SSSR count). The highest BCUT2D eigenvalue weighted by atomic mass is 16.4. The Morgan fingerprint density at radius 1 is 0.925 bits per heavy atom. The van der Waals surface area contributed by atoms with Crippen LogP contribution in [0.2, 0.25) is 0 Å². The number of aromatic carboxylic acids is 1. The fraction of sp³-hybridized carbons (Fsp3) is 0.0938. The molecule has 3 heterocycles. The second kappa shape index (κ2) is 10.4. The number of nitrogens with one attached hydrogen (secondary N) is 1. The van der Waals surface area contributed by atoms with Crippen LogP contribution in [0, 0.1) is 0 Å². The van der Waals surface area contributed by atoms with Crippen molar-refractivity contribution in [3.63, 3.8) is 0 Å². The lowest BCUT2D eigenvalue weighted by Crippen LogP contribution is -2.27. The van der Waals surface area contributed by atoms with Gasteiger partial charge in [0, 0.05) is 29.8 Å². The summed E-state index contributed by atoms with van der Waals surface area (Å²) in [5.41, 5.74) is 6.51. The third-order valence-corrected chi connectivity index (χ3v) is 6.98. The monoisotopic (exact) mass is 527 g/mol. The van der Waals surface area contributed by atoms with Crippen LogP contribution < -0.4 is 5.32 Å². The maximum Gasteiger partial charge on any atom is 0.335 e. The van der Waals surface area contributed by atoms with E-state index in [1.165, 1.54) is 12.1 Å². The first-order chi connectivity index (χ1) is 19.5. The molecular formula is C32H25N5O3. The molecule has 0 saturated heterocycles. The molecule has 3 aromatic carbocycles. The van der Waals surface area contributed by atoms with Crippen LogP contribution in [0.25, 0.3) is 27.5 Å². The minimum absolute atomic E-state index is 0.194. The zero-order chi connectivity index (χ0) is 27.6. The number of carbonyl (C=O) groups is 2. The summed E-state index contributed by atoms with van der Waals surface area (Å²) in [5.74, 6) is -1.27. The van der Waals surface area contributed by atoms with Gasteiger partial charge in [-0.05, 0) is 60.0 Å². The summed E-state index contributed by atoms with van der Waals surface area (Å²) in [7, 11) is 0. The highest BCUT2D eigenvalue weighted by Gasteiger charge is 2.21. The van der Waals surface area contributed by atoms with Crippen molar-refractivity contribution >= 4 is 28.3 Å². The summed E-state index contributed by atoms with van der Waals surface area (Å²) >= 11 is 0. The van der Waals surface area contributed by atoms with Crippen molar-refractivity contribution in [2.45, 2.75) is 19.4 Å². The SMILES string of the molecule is C[C@H](NC(=O)c1cc(-c2ccccc2)cn2nnc(Cc3ccc4ncccc4c3)c12)c1ccc(C(=O)O)cc1. The molecule has 0 unspecified atom stereocenters. The Hall–Kier alpha value is -5.37. The summed E-state index contributed by atoms with van der Waals surface area (Å²) in [6, 6.07) is 27.8. The Morgan fingerprint density at radius 2 is 1.73 bits per heavy atom. The topological polar surface area (TPSA) is 109 Å². The second-order valence-electron chi connectivity index (χ2n) is 9.67. The van der Waals surface area contributed by atoms with E-state index < -0.39 is 5.97 Å². The smallest absolute Gasteiger partial charge is 0.335 e. The van der Waals surface area contributed by atoms with Gasteiger partial charge in [-0.2, -0.15) is 0 Å². The Kier molecular flexibility index (Phi) is 6.49. The van der Waals surface area contributed by atoms with Crippen molar-refractivity contribution in [1.29, 1.82) is 0 Å². The molecule has 0 saturated carbocycles. The molecule has 6 aromatic rings. The normalized spacial score (nSPS) is 11.9. The van der Waals surface area contributed by atoms with Crippen molar-refractivity contribution in [3.05, 3.63) is 131 Å². The van der Waals surface area contributed by atoms with Gasteiger partial charge in [0.05, 0.1) is 28.4 Å². The first-order valence-electron chi connectivity index (χ1n) is 12.9. The number of carboxylic acids is 1. The van der Waals surface area contributed by atoms with E-state index in [0.29, 0.717) is 23.2 Å². The molecule has 0 bridgehead atoms. The van der Waals surface area contributed by atoms with Crippen LogP contribution >= 0.6 is 0 Å². The lowest BCUT2D eigenvalue weighted by Gasteiger charge is -2.16. The maximum atomic E-state index is 13.8. The van der Waals surface area contributed by atoms with Crippen molar-refractivity contribution < 1.29 is 14.7 Å². The lowest BCUT2D eigenvalue weighted by atomic mass is 10.0. The Balaban J connectivity index is 1.39. The number of carboxylic acid groups (broad SMARTS) is 1. The number of amides is 1. The molecule has 3 aromatic heterocycles. The first kappa shape index (κ1) is 24.9. The molecule has 40 heavy (non-hydrogen) atoms. The van der Waals surface area contributed by atoms with Gasteiger partial charge in [0.1, 0.15) is 5.52 Å². The van der Waals surface area contributed by atoms with Crippen molar-refractivity contribution in [2.24, 2.45) is 0 Å². The number of nitrogens with zero attached hydrogens (tertiary/aromatic N) is 4. The van der Waals surface area contributed by atoms with Crippen LogP contribution in [0.1, 0.15) is 50.5 Å². The minimum Gasteiger partial charge on any atom is -0.478 e. The largest absolute Gasteiger partial charge is 0.478 e. The summed E-state index contributed by atoms with van der Waals surface area (Å²) in [6.07, 6.45) is 4.15. The third-order valence-electron chi connectivity index (χ3n) is 6.98. The van der Waals surface area contributed by atoms with Gasteiger partial charge in [-0.3, -0.25) is 9.78 Å². The van der Waals surface area contributed by atoms with E-state index >= 15 is 0 Å². The van der Waals surface area contributed by atoms with Crippen molar-refractivity contribution in [3.8, 4) is 11.1 Å². The van der Waals surface area contributed by atoms with Gasteiger partial charge < -0.3 is 10.4 Å². The standard InChI is InChI=1S/C32H25N5O3/c1-20(22-10-12-24(13-11-22)32(39)40)34-31(38)27-18-26(23-6-3-2-4-7-23)19-37-30(27)29(35-36-37)17-21-9-14-28-25(16-21)8-5-15-33-28/h2-16,18-20H,17H2,1H3,(H,34,38)(H,39,40)/t20-/m0/s1. The average molecular weight is 528 g/mol. The fourth-order valence-corrected chi connectivity index (χ4v) is 4.87. The molecule has 0 aliphatic heterocycles. The molecule has 0 aliphatic carbocycles. The average Bonchev–Trinajstić information content (AvgIpc) is 3.39. The number of hydrogen-bond acceptors (Lipinski definition) is 5. The molecule has 0 radical (unpaired) electrons. The van der Waals surface area contributed by atoms with E-state index in [1.54, 1.807) is 22.8 Å². The predicted molar refractivity (Wildman–Crippen MR) is 152 cm³/mol. The predicted octanol–water partition coefficient (Wildman–Crippen LogP) is 5.72. The van der Waals surface area contributed by atoms with Crippen LogP contribution in [0.5, 0.6) is 0 Å². The number of carbonyl (C=O) groups excluding carboxylic acids is 1. The summed E-state index contributed by atoms with van der Waals surface area (Å²) in [5, 5.41) is 22.2. The van der Waals surface area contributed by atoms with Gasteiger partial charge in [0.25, 0.3) is 5.91 Å². The minimum atomic E-state index is -0.994. The molecule has 8 nitrogen and oxygen atoms in total. The molecule has 196 valence electrons. The number of benzene rings is 3. The molecule has 1 atom stereocenters. The molecule has 0 spiro atoms. The van der Waals surface area contributed by atoms with Crippen LogP contribution in [0.3, 0.4) is 0 Å². The summed E-state index contributed by atoms with van der Waals surface area (Å²) in [4.78, 5) is 29.4. The van der Waals surface area contributed by atoms with E-state index in [-0.39, 0.29) is 17.5 Å². The van der Waals surface area contributed by atoms with Gasteiger partial charge in [0.2, 0.25) is 0 Å². The summed E-state index contributed by atoms with van der Waals surface area (Å²) < 4.78 is 1.67. The van der Waals surface area contributed by atoms with E-state index in [2.05, 4.69) is 26.7 Å². The molecule has 0 aliphatic rings. The molecule has 2 N–H and O–H groups in total. The van der Waals surface area contributed by atoms with Gasteiger partial charge >= 0.3 is 5.97 Å². The number of aromatic nitrogens is 4. The van der Waals surface area contributed by atoms with Crippen molar-refractivity contribution in [1.82, 2.24) is 25.1 Å². The third kappa shape index (κ3) is 4.90. The number of hydrogen-bond donors (Lipinski definition) is 2. The van der Waals surface area contributed by atoms with E-state index in [9.17, 15) is 14.7 Å². The van der Waals surface area contributed by atoms with Crippen LogP contribution in [-0.4, -0.2) is 36.8 Å². The highest BCUT2D eigenvalue weighted by Crippen LogP contribution is 2.27. The van der Waals surface area contributed by atoms with E-state index in [0.717, 1.165) is 33.2 Å². The van der Waals surface area contributed by atoms with Crippen LogP contribution in [0.4, 0.5) is 0 Å². The molecule has 8 heteroatoms. The number of fused-ring (bicyclic) bond motifs is 2. The number of pyridine rings is 2. The number of rotatable bonds is 7. The van der Waals surface area contributed by atoms with Gasteiger partial charge in [-0.1, -0.05) is 59.8 Å². The first-order valence-corrected chi connectivity index (χ1v) is 12.9. The van der Waals surface area contributed by atoms with E-state index in [1.807, 2.05) is 73.8 Å². The van der Waals surface area contributed by atoms with E-state index in [4.69, 9.17) is 0 Å². The van der Waals surface area contributed by atoms with Gasteiger partial charge in [-0.15, -0.1) is 5.10 Å². The van der Waals surface area contributed by atoms with Gasteiger partial charge in [-0.25, -0.2) is 9.31 Å². The molecule has 1 amide bonds. The van der Waals surface area contributed by atoms with Crippen LogP contribution in [0.15, 0.2) is 103 Å².